The predicted molar refractivity (Wildman–Crippen MR) is 158 cm³/mol. The van der Waals surface area contributed by atoms with Crippen LogP contribution >= 0.6 is 0 Å². The average Bonchev–Trinajstić information content (AvgIpc) is 3.45. The highest BCUT2D eigenvalue weighted by Gasteiger charge is 2.36. The lowest BCUT2D eigenvalue weighted by Gasteiger charge is -2.21. The molecule has 8 rings (SSSR count). The predicted octanol–water partition coefficient (Wildman–Crippen LogP) is 7.40. The van der Waals surface area contributed by atoms with E-state index >= 15 is 0 Å². The summed E-state index contributed by atoms with van der Waals surface area (Å²) >= 11 is 0. The Bertz CT molecular complexity index is 2020. The van der Waals surface area contributed by atoms with Crippen molar-refractivity contribution in [2.75, 3.05) is 0 Å². The Balaban J connectivity index is 1.46. The summed E-state index contributed by atoms with van der Waals surface area (Å²) in [5.41, 5.74) is 8.72. The van der Waals surface area contributed by atoms with Crippen LogP contribution < -0.4 is 0 Å². The molecule has 0 spiro atoms. The van der Waals surface area contributed by atoms with Crippen LogP contribution in [0, 0.1) is 0 Å². The molecule has 4 heterocycles. The van der Waals surface area contributed by atoms with E-state index in [1.54, 1.807) is 0 Å². The first-order valence-electron chi connectivity index (χ1n) is 13.3. The number of pyridine rings is 2. The van der Waals surface area contributed by atoms with Crippen LogP contribution in [0.5, 0.6) is 0 Å². The van der Waals surface area contributed by atoms with E-state index in [1.807, 2.05) is 91.5 Å². The molecule has 7 aromatic rings. The van der Waals surface area contributed by atoms with Gasteiger partial charge in [-0.2, -0.15) is 9.97 Å². The fourth-order valence-corrected chi connectivity index (χ4v) is 6.03. The molecule has 0 saturated heterocycles. The molecule has 3 aromatic carbocycles. The monoisotopic (exact) mass is 516 g/mol. The van der Waals surface area contributed by atoms with Gasteiger partial charge in [0.05, 0.1) is 11.0 Å². The summed E-state index contributed by atoms with van der Waals surface area (Å²) in [6, 6.07) is 28.9. The number of rotatable bonds is 3. The summed E-state index contributed by atoms with van der Waals surface area (Å²) in [7, 11) is 0. The third-order valence-corrected chi connectivity index (χ3v) is 8.05. The third-order valence-electron chi connectivity index (χ3n) is 8.05. The second-order valence-electron chi connectivity index (χ2n) is 10.7. The molecule has 0 atom stereocenters. The van der Waals surface area contributed by atoms with E-state index in [1.165, 1.54) is 22.3 Å². The lowest BCUT2D eigenvalue weighted by atomic mass is 9.83. The molecular formula is C34H24N6. The van der Waals surface area contributed by atoms with Crippen molar-refractivity contribution >= 4 is 21.8 Å². The standard InChI is InChI=1S/C34H24N6/c1-34(2)27-18-30-25(17-24(27)23-13-15-36-20-28(23)34)26-19-35-16-14-29(26)40(30)33-38-31(21-9-5-3-6-10-21)37-32(39-33)22-11-7-4-8-12-22/h3-20H,1-2H3. The normalized spacial score (nSPS) is 13.4. The first kappa shape index (κ1) is 22.7. The molecule has 0 amide bonds. The van der Waals surface area contributed by atoms with Crippen LogP contribution in [0.3, 0.4) is 0 Å². The summed E-state index contributed by atoms with van der Waals surface area (Å²) in [6.45, 7) is 4.54. The Labute approximate surface area is 231 Å². The van der Waals surface area contributed by atoms with Gasteiger partial charge in [-0.3, -0.25) is 14.5 Å². The minimum atomic E-state index is -0.184. The van der Waals surface area contributed by atoms with Crippen LogP contribution in [0.25, 0.3) is 61.7 Å². The molecule has 0 radical (unpaired) electrons. The van der Waals surface area contributed by atoms with Crippen molar-refractivity contribution in [2.45, 2.75) is 19.3 Å². The van der Waals surface area contributed by atoms with E-state index in [-0.39, 0.29) is 5.41 Å². The third kappa shape index (κ3) is 3.26. The van der Waals surface area contributed by atoms with Crippen LogP contribution in [0.1, 0.15) is 25.0 Å². The van der Waals surface area contributed by atoms with Crippen molar-refractivity contribution in [2.24, 2.45) is 0 Å². The lowest BCUT2D eigenvalue weighted by Crippen LogP contribution is -2.15. The molecule has 0 bridgehead atoms. The van der Waals surface area contributed by atoms with Gasteiger partial charge >= 0.3 is 0 Å². The Morgan fingerprint density at radius 1 is 0.575 bits per heavy atom. The Hall–Kier alpha value is -5.23. The van der Waals surface area contributed by atoms with E-state index in [2.05, 4.69) is 46.6 Å². The van der Waals surface area contributed by atoms with Gasteiger partial charge in [-0.05, 0) is 46.5 Å². The second kappa shape index (κ2) is 8.38. The maximum Gasteiger partial charge on any atom is 0.238 e. The first-order valence-corrected chi connectivity index (χ1v) is 13.3. The second-order valence-corrected chi connectivity index (χ2v) is 10.7. The first-order chi connectivity index (χ1) is 19.6. The number of hydrogen-bond donors (Lipinski definition) is 0. The van der Waals surface area contributed by atoms with Crippen LogP contribution in [0.15, 0.2) is 110 Å². The molecule has 4 aromatic heterocycles. The maximum absolute atomic E-state index is 5.05. The van der Waals surface area contributed by atoms with Gasteiger partial charge in [-0.15, -0.1) is 0 Å². The molecule has 40 heavy (non-hydrogen) atoms. The minimum Gasteiger partial charge on any atom is -0.278 e. The van der Waals surface area contributed by atoms with Crippen molar-refractivity contribution in [3.05, 3.63) is 121 Å². The quantitative estimate of drug-likeness (QED) is 0.245. The smallest absolute Gasteiger partial charge is 0.238 e. The highest BCUT2D eigenvalue weighted by Crippen LogP contribution is 2.50. The number of benzene rings is 3. The van der Waals surface area contributed by atoms with Gasteiger partial charge in [0.25, 0.3) is 0 Å². The number of aromatic nitrogens is 6. The Morgan fingerprint density at radius 2 is 1.23 bits per heavy atom. The SMILES string of the molecule is CC1(C)c2cnccc2-c2cc3c4cnccc4n(-c4nc(-c5ccccc5)nc(-c5ccccc5)n4)c3cc21. The minimum absolute atomic E-state index is 0.184. The van der Waals surface area contributed by atoms with Gasteiger partial charge in [0.15, 0.2) is 11.6 Å². The fraction of sp³-hybridized carbons (Fsp3) is 0.0882. The number of nitrogens with zero attached hydrogens (tertiary/aromatic N) is 6. The zero-order valence-corrected chi connectivity index (χ0v) is 22.1. The van der Waals surface area contributed by atoms with Crippen LogP contribution in [-0.2, 0) is 5.41 Å². The summed E-state index contributed by atoms with van der Waals surface area (Å²) in [6.07, 6.45) is 7.64. The summed E-state index contributed by atoms with van der Waals surface area (Å²) in [5, 5.41) is 2.17. The molecule has 0 saturated carbocycles. The van der Waals surface area contributed by atoms with Crippen molar-refractivity contribution in [3.63, 3.8) is 0 Å². The molecule has 6 heteroatoms. The van der Waals surface area contributed by atoms with Crippen molar-refractivity contribution in [1.29, 1.82) is 0 Å². The Kier molecular flexibility index (Phi) is 4.76. The molecule has 1 aliphatic rings. The average molecular weight is 517 g/mol. The zero-order chi connectivity index (χ0) is 26.8. The van der Waals surface area contributed by atoms with Crippen LogP contribution in [-0.4, -0.2) is 29.5 Å². The van der Waals surface area contributed by atoms with Gasteiger partial charge in [0.1, 0.15) is 0 Å². The summed E-state index contributed by atoms with van der Waals surface area (Å²) < 4.78 is 2.16. The van der Waals surface area contributed by atoms with E-state index in [4.69, 9.17) is 15.0 Å². The van der Waals surface area contributed by atoms with Crippen molar-refractivity contribution in [3.8, 4) is 39.9 Å². The van der Waals surface area contributed by atoms with Gasteiger partial charge in [0.2, 0.25) is 5.95 Å². The molecule has 0 aliphatic heterocycles. The van der Waals surface area contributed by atoms with Crippen molar-refractivity contribution in [1.82, 2.24) is 29.5 Å². The number of hydrogen-bond acceptors (Lipinski definition) is 5. The Morgan fingerprint density at radius 3 is 1.93 bits per heavy atom. The largest absolute Gasteiger partial charge is 0.278 e. The van der Waals surface area contributed by atoms with Gasteiger partial charge < -0.3 is 0 Å². The molecule has 6 nitrogen and oxygen atoms in total. The van der Waals surface area contributed by atoms with Gasteiger partial charge in [-0.1, -0.05) is 74.5 Å². The lowest BCUT2D eigenvalue weighted by molar-refractivity contribution is 0.657. The van der Waals surface area contributed by atoms with E-state index in [0.29, 0.717) is 17.6 Å². The molecule has 190 valence electrons. The molecule has 0 fully saturated rings. The van der Waals surface area contributed by atoms with E-state index in [9.17, 15) is 0 Å². The van der Waals surface area contributed by atoms with E-state index in [0.717, 1.165) is 32.9 Å². The van der Waals surface area contributed by atoms with E-state index < -0.39 is 0 Å². The fourth-order valence-electron chi connectivity index (χ4n) is 6.03. The van der Waals surface area contributed by atoms with Crippen molar-refractivity contribution < 1.29 is 0 Å². The zero-order valence-electron chi connectivity index (χ0n) is 22.1. The molecule has 1 aliphatic carbocycles. The molecule has 0 unspecified atom stereocenters. The maximum atomic E-state index is 5.05. The van der Waals surface area contributed by atoms with Crippen LogP contribution in [0.2, 0.25) is 0 Å². The van der Waals surface area contributed by atoms with Gasteiger partial charge in [0, 0.05) is 52.1 Å². The highest BCUT2D eigenvalue weighted by molar-refractivity contribution is 6.11. The number of fused-ring (bicyclic) bond motifs is 6. The summed E-state index contributed by atoms with van der Waals surface area (Å²) in [5.74, 6) is 1.84. The topological polar surface area (TPSA) is 69.4 Å². The summed E-state index contributed by atoms with van der Waals surface area (Å²) in [4.78, 5) is 23.9. The van der Waals surface area contributed by atoms with Gasteiger partial charge in [-0.25, -0.2) is 4.98 Å². The molecular weight excluding hydrogens is 492 g/mol. The highest BCUT2D eigenvalue weighted by atomic mass is 15.2. The molecule has 0 N–H and O–H groups in total. The van der Waals surface area contributed by atoms with Crippen LogP contribution in [0.4, 0.5) is 0 Å².